The molecule has 2 heteroatoms. The van der Waals surface area contributed by atoms with Gasteiger partial charge >= 0.3 is 0 Å². The highest BCUT2D eigenvalue weighted by Gasteiger charge is 2.45. The Hall–Kier alpha value is -0.790. The third kappa shape index (κ3) is 6.79. The molecule has 2 nitrogen and oxygen atoms in total. The van der Waals surface area contributed by atoms with Gasteiger partial charge in [-0.05, 0) is 61.2 Å². The summed E-state index contributed by atoms with van der Waals surface area (Å²) in [5.74, 6) is 2.82. The molecule has 0 heterocycles. The Balaban J connectivity index is 0.000000845. The Labute approximate surface area is 157 Å². The van der Waals surface area contributed by atoms with E-state index in [0.29, 0.717) is 5.41 Å². The molecule has 2 aliphatic rings. The molecule has 1 N–H and O–H groups in total. The van der Waals surface area contributed by atoms with Gasteiger partial charge < -0.3 is 5.11 Å². The van der Waals surface area contributed by atoms with Crippen molar-refractivity contribution in [1.82, 2.24) is 0 Å². The first-order valence-corrected chi connectivity index (χ1v) is 10.7. The second-order valence-corrected chi connectivity index (χ2v) is 8.17. The molecule has 0 saturated heterocycles. The predicted octanol–water partition coefficient (Wildman–Crippen LogP) is 7.34. The van der Waals surface area contributed by atoms with Crippen LogP contribution >= 0.6 is 0 Å². The number of carboxylic acid groups (broad SMARTS) is 1. The fourth-order valence-electron chi connectivity index (χ4n) is 5.13. The highest BCUT2D eigenvalue weighted by molar-refractivity contribution is 5.62. The van der Waals surface area contributed by atoms with Gasteiger partial charge in [0.1, 0.15) is 0 Å². The molecular formula is C23H44O2. The first-order valence-electron chi connectivity index (χ1n) is 10.7. The zero-order valence-corrected chi connectivity index (χ0v) is 18.2. The normalized spacial score (nSPS) is 32.0. The monoisotopic (exact) mass is 352 g/mol. The summed E-state index contributed by atoms with van der Waals surface area (Å²) in [7, 11) is 0. The quantitative estimate of drug-likeness (QED) is 0.537. The van der Waals surface area contributed by atoms with Gasteiger partial charge in [-0.2, -0.15) is 0 Å². The molecule has 0 spiro atoms. The molecule has 0 aromatic carbocycles. The van der Waals surface area contributed by atoms with Gasteiger partial charge in [-0.1, -0.05) is 73.0 Å². The van der Waals surface area contributed by atoms with Gasteiger partial charge in [0.2, 0.25) is 0 Å². The lowest BCUT2D eigenvalue weighted by Crippen LogP contribution is -2.41. The van der Waals surface area contributed by atoms with E-state index in [1.165, 1.54) is 44.9 Å². The van der Waals surface area contributed by atoms with E-state index in [9.17, 15) is 0 Å². The lowest BCUT2D eigenvalue weighted by Gasteiger charge is -2.51. The molecule has 1 fully saturated rings. The van der Waals surface area contributed by atoms with Crippen molar-refractivity contribution in [2.24, 2.45) is 29.1 Å². The van der Waals surface area contributed by atoms with E-state index in [4.69, 9.17) is 9.90 Å². The van der Waals surface area contributed by atoms with E-state index < -0.39 is 5.97 Å². The van der Waals surface area contributed by atoms with Gasteiger partial charge in [0.05, 0.1) is 0 Å². The van der Waals surface area contributed by atoms with Gasteiger partial charge in [-0.25, -0.2) is 0 Å². The Bertz CT molecular complexity index is 408. The Morgan fingerprint density at radius 1 is 1.32 bits per heavy atom. The minimum Gasteiger partial charge on any atom is -0.481 e. The third-order valence-electron chi connectivity index (χ3n) is 6.34. The molecule has 0 aliphatic heterocycles. The summed E-state index contributed by atoms with van der Waals surface area (Å²) < 4.78 is 0. The highest BCUT2D eigenvalue weighted by atomic mass is 16.4. The smallest absolute Gasteiger partial charge is 0.300 e. The van der Waals surface area contributed by atoms with E-state index >= 15 is 0 Å². The Kier molecular flexibility index (Phi) is 11.4. The fraction of sp³-hybridized carbons (Fsp3) is 0.870. The van der Waals surface area contributed by atoms with E-state index in [1.807, 2.05) is 19.4 Å². The van der Waals surface area contributed by atoms with Crippen molar-refractivity contribution in [3.05, 3.63) is 11.6 Å². The minimum absolute atomic E-state index is 0.498. The van der Waals surface area contributed by atoms with E-state index in [0.717, 1.165) is 30.6 Å². The molecule has 2 rings (SSSR count). The summed E-state index contributed by atoms with van der Waals surface area (Å²) in [6.45, 7) is 17.4. The van der Waals surface area contributed by atoms with Crippen LogP contribution in [-0.2, 0) is 4.79 Å². The zero-order chi connectivity index (χ0) is 19.6. The molecule has 1 saturated carbocycles. The van der Waals surface area contributed by atoms with Crippen LogP contribution < -0.4 is 0 Å². The molecule has 0 bridgehead atoms. The maximum absolute atomic E-state index is 9.00. The Morgan fingerprint density at radius 3 is 2.36 bits per heavy atom. The number of aliphatic carboxylic acids is 1. The lowest BCUT2D eigenvalue weighted by molar-refractivity contribution is -0.134. The summed E-state index contributed by atoms with van der Waals surface area (Å²) in [5, 5.41) is 7.42. The zero-order valence-electron chi connectivity index (χ0n) is 18.2. The average Bonchev–Trinajstić information content (AvgIpc) is 2.56. The van der Waals surface area contributed by atoms with Crippen LogP contribution in [0.15, 0.2) is 11.6 Å². The second-order valence-electron chi connectivity index (χ2n) is 8.17. The van der Waals surface area contributed by atoms with Crippen molar-refractivity contribution in [2.45, 2.75) is 100 Å². The minimum atomic E-state index is -0.833. The molecule has 2 aliphatic carbocycles. The van der Waals surface area contributed by atoms with Crippen LogP contribution in [-0.4, -0.2) is 11.1 Å². The number of hydrogen-bond acceptors (Lipinski definition) is 1. The van der Waals surface area contributed by atoms with Gasteiger partial charge in [0.15, 0.2) is 0 Å². The fourth-order valence-corrected chi connectivity index (χ4v) is 5.13. The molecule has 25 heavy (non-hydrogen) atoms. The number of hydrogen-bond donors (Lipinski definition) is 1. The molecule has 0 radical (unpaired) electrons. The van der Waals surface area contributed by atoms with Crippen LogP contribution in [0, 0.1) is 29.1 Å². The second kappa shape index (κ2) is 11.8. The van der Waals surface area contributed by atoms with Gasteiger partial charge in [-0.3, -0.25) is 4.79 Å². The molecule has 0 aromatic rings. The van der Waals surface area contributed by atoms with Crippen molar-refractivity contribution in [2.75, 3.05) is 0 Å². The molecule has 4 unspecified atom stereocenters. The molecule has 0 amide bonds. The van der Waals surface area contributed by atoms with Crippen LogP contribution in [0.1, 0.15) is 100 Å². The van der Waals surface area contributed by atoms with Gasteiger partial charge in [0, 0.05) is 6.92 Å². The van der Waals surface area contributed by atoms with Crippen molar-refractivity contribution in [1.29, 1.82) is 0 Å². The van der Waals surface area contributed by atoms with Gasteiger partial charge in [0.25, 0.3) is 5.97 Å². The van der Waals surface area contributed by atoms with Crippen molar-refractivity contribution < 1.29 is 9.90 Å². The van der Waals surface area contributed by atoms with E-state index in [1.54, 1.807) is 0 Å². The number of carbonyl (C=O) groups is 1. The first-order chi connectivity index (χ1) is 11.8. The predicted molar refractivity (Wildman–Crippen MR) is 110 cm³/mol. The topological polar surface area (TPSA) is 37.3 Å². The summed E-state index contributed by atoms with van der Waals surface area (Å²) >= 11 is 0. The molecule has 5 atom stereocenters. The summed E-state index contributed by atoms with van der Waals surface area (Å²) in [6.07, 6.45) is 12.5. The van der Waals surface area contributed by atoms with Crippen molar-refractivity contribution >= 4 is 5.97 Å². The van der Waals surface area contributed by atoms with E-state index in [2.05, 4.69) is 40.7 Å². The summed E-state index contributed by atoms with van der Waals surface area (Å²) in [4.78, 5) is 9.00. The summed E-state index contributed by atoms with van der Waals surface area (Å²) in [5.41, 5.74) is 2.35. The molecule has 148 valence electrons. The average molecular weight is 353 g/mol. The number of allylic oxidation sites excluding steroid dienone is 2. The number of carboxylic acids is 1. The Morgan fingerprint density at radius 2 is 1.88 bits per heavy atom. The van der Waals surface area contributed by atoms with Crippen molar-refractivity contribution in [3.63, 3.8) is 0 Å². The third-order valence-corrected chi connectivity index (χ3v) is 6.34. The van der Waals surface area contributed by atoms with Crippen LogP contribution in [0.25, 0.3) is 0 Å². The largest absolute Gasteiger partial charge is 0.481 e. The standard InChI is InChI=1S/C19H34.C2H4O2.C2H6/c1-6-8-15(4)17-12-10-16-13-14(3)9-11-18(16)19(17,5)7-2;1-2(3)4;1-2/h11,14-17H,6-10,12-13H2,1-5H3;1H3,(H,3,4);1-2H3/t14?,15?,16?,17?,19-;;/m1../s1. The van der Waals surface area contributed by atoms with Crippen molar-refractivity contribution in [3.8, 4) is 0 Å². The summed E-state index contributed by atoms with van der Waals surface area (Å²) in [6, 6.07) is 0. The van der Waals surface area contributed by atoms with E-state index in [-0.39, 0.29) is 0 Å². The van der Waals surface area contributed by atoms with Crippen LogP contribution in [0.3, 0.4) is 0 Å². The number of fused-ring (bicyclic) bond motifs is 1. The SMILES string of the molecule is CC.CC(=O)O.CCCC(C)C1CCC2CC(C)CC=C2[C@]1(C)CC. The van der Waals surface area contributed by atoms with Gasteiger partial charge in [-0.15, -0.1) is 0 Å². The highest BCUT2D eigenvalue weighted by Crippen LogP contribution is 2.56. The van der Waals surface area contributed by atoms with Crippen LogP contribution in [0.2, 0.25) is 0 Å². The van der Waals surface area contributed by atoms with Crippen LogP contribution in [0.5, 0.6) is 0 Å². The lowest BCUT2D eigenvalue weighted by atomic mass is 9.54. The maximum atomic E-state index is 9.00. The maximum Gasteiger partial charge on any atom is 0.300 e. The van der Waals surface area contributed by atoms with Crippen LogP contribution in [0.4, 0.5) is 0 Å². The molecule has 0 aromatic heterocycles. The first kappa shape index (κ1) is 24.2. The number of rotatable bonds is 4. The molecular weight excluding hydrogens is 308 g/mol.